The first kappa shape index (κ1) is 16.5. The smallest absolute Gasteiger partial charge is 0.334 e. The molecular weight excluding hydrogens is 418 g/mol. The molecular formula is C15H15Br2NO2S. The van der Waals surface area contributed by atoms with E-state index in [1.54, 1.807) is 0 Å². The van der Waals surface area contributed by atoms with Gasteiger partial charge in [0.25, 0.3) is 0 Å². The molecule has 2 rings (SSSR count). The largest absolute Gasteiger partial charge is 0.464 e. The van der Waals surface area contributed by atoms with Gasteiger partial charge in [0.1, 0.15) is 0 Å². The van der Waals surface area contributed by atoms with Gasteiger partial charge in [-0.25, -0.2) is 4.79 Å². The van der Waals surface area contributed by atoms with Crippen LogP contribution in [0.2, 0.25) is 0 Å². The first-order valence-corrected chi connectivity index (χ1v) is 8.86. The first-order chi connectivity index (χ1) is 10.0. The number of hydrogen-bond donors (Lipinski definition) is 1. The molecule has 0 spiro atoms. The molecule has 0 fully saturated rings. The molecule has 0 radical (unpaired) electrons. The van der Waals surface area contributed by atoms with Crippen LogP contribution in [0.5, 0.6) is 0 Å². The first-order valence-electron chi connectivity index (χ1n) is 6.46. The maximum atomic E-state index is 12.3. The molecule has 0 aliphatic heterocycles. The molecule has 112 valence electrons. The topological polar surface area (TPSA) is 38.3 Å². The Morgan fingerprint density at radius 3 is 2.67 bits per heavy atom. The van der Waals surface area contributed by atoms with Gasteiger partial charge in [0.2, 0.25) is 0 Å². The molecule has 0 saturated carbocycles. The highest BCUT2D eigenvalue weighted by atomic mass is 79.9. The van der Waals surface area contributed by atoms with Gasteiger partial charge in [-0.3, -0.25) is 0 Å². The minimum absolute atomic E-state index is 0.276. The molecule has 0 aliphatic rings. The summed E-state index contributed by atoms with van der Waals surface area (Å²) in [5.41, 5.74) is 2.01. The SMILES string of the molecule is CCOC(=O)C(Nc1ccccc1C)c1cc(Br)c(Br)s1. The predicted molar refractivity (Wildman–Crippen MR) is 93.9 cm³/mol. The van der Waals surface area contributed by atoms with Gasteiger partial charge in [-0.05, 0) is 63.4 Å². The second-order valence-electron chi connectivity index (χ2n) is 4.41. The van der Waals surface area contributed by atoms with E-state index >= 15 is 0 Å². The van der Waals surface area contributed by atoms with Gasteiger partial charge in [0.15, 0.2) is 6.04 Å². The van der Waals surface area contributed by atoms with Crippen LogP contribution in [-0.4, -0.2) is 12.6 Å². The van der Waals surface area contributed by atoms with Crippen molar-refractivity contribution < 1.29 is 9.53 Å². The summed E-state index contributed by atoms with van der Waals surface area (Å²) in [6.07, 6.45) is 0. The molecule has 1 unspecified atom stereocenters. The van der Waals surface area contributed by atoms with Gasteiger partial charge in [0, 0.05) is 15.0 Å². The summed E-state index contributed by atoms with van der Waals surface area (Å²) < 4.78 is 7.08. The number of benzene rings is 1. The van der Waals surface area contributed by atoms with E-state index in [0.29, 0.717) is 6.61 Å². The highest BCUT2D eigenvalue weighted by Gasteiger charge is 2.25. The predicted octanol–water partition coefficient (Wildman–Crippen LogP) is 5.30. The fourth-order valence-electron chi connectivity index (χ4n) is 1.87. The zero-order chi connectivity index (χ0) is 15.4. The van der Waals surface area contributed by atoms with Gasteiger partial charge in [0.05, 0.1) is 10.4 Å². The lowest BCUT2D eigenvalue weighted by molar-refractivity contribution is -0.144. The Balaban J connectivity index is 2.32. The van der Waals surface area contributed by atoms with E-state index in [9.17, 15) is 4.79 Å². The lowest BCUT2D eigenvalue weighted by atomic mass is 10.1. The second-order valence-corrected chi connectivity index (χ2v) is 7.67. The molecule has 1 atom stereocenters. The van der Waals surface area contributed by atoms with Crippen molar-refractivity contribution >= 4 is 54.9 Å². The highest BCUT2D eigenvalue weighted by molar-refractivity contribution is 9.13. The van der Waals surface area contributed by atoms with E-state index in [0.717, 1.165) is 24.4 Å². The third-order valence-electron chi connectivity index (χ3n) is 2.92. The van der Waals surface area contributed by atoms with E-state index in [4.69, 9.17) is 4.74 Å². The number of para-hydroxylation sites is 1. The molecule has 21 heavy (non-hydrogen) atoms. The second kappa shape index (κ2) is 7.42. The van der Waals surface area contributed by atoms with Crippen LogP contribution >= 0.6 is 43.2 Å². The fraction of sp³-hybridized carbons (Fsp3) is 0.267. The standard InChI is InChI=1S/C15H15Br2NO2S/c1-3-20-15(19)13(12-8-10(16)14(17)21-12)18-11-7-5-4-6-9(11)2/h4-8,13,18H,3H2,1-2H3. The van der Waals surface area contributed by atoms with Crippen molar-refractivity contribution in [1.82, 2.24) is 0 Å². The van der Waals surface area contributed by atoms with Crippen LogP contribution in [0.3, 0.4) is 0 Å². The molecule has 3 nitrogen and oxygen atoms in total. The summed E-state index contributed by atoms with van der Waals surface area (Å²) in [5.74, 6) is -0.276. The molecule has 6 heteroatoms. The summed E-state index contributed by atoms with van der Waals surface area (Å²) in [6, 6.07) is 9.29. The van der Waals surface area contributed by atoms with Crippen LogP contribution in [0.4, 0.5) is 5.69 Å². The maximum Gasteiger partial charge on any atom is 0.334 e. The van der Waals surface area contributed by atoms with E-state index in [2.05, 4.69) is 37.2 Å². The van der Waals surface area contributed by atoms with Crippen molar-refractivity contribution in [2.75, 3.05) is 11.9 Å². The molecule has 0 saturated heterocycles. The van der Waals surface area contributed by atoms with Crippen LogP contribution < -0.4 is 5.32 Å². The number of aryl methyl sites for hydroxylation is 1. The molecule has 2 aromatic rings. The number of thiophene rings is 1. The molecule has 1 aromatic heterocycles. The zero-order valence-electron chi connectivity index (χ0n) is 11.7. The summed E-state index contributed by atoms with van der Waals surface area (Å²) >= 11 is 8.43. The fourth-order valence-corrected chi connectivity index (χ4v) is 4.00. The lowest BCUT2D eigenvalue weighted by Gasteiger charge is -2.18. The third kappa shape index (κ3) is 4.08. The van der Waals surface area contributed by atoms with Gasteiger partial charge < -0.3 is 10.1 Å². The minimum atomic E-state index is -0.515. The van der Waals surface area contributed by atoms with Crippen molar-refractivity contribution in [3.8, 4) is 0 Å². The van der Waals surface area contributed by atoms with Gasteiger partial charge in [-0.2, -0.15) is 0 Å². The molecule has 0 bridgehead atoms. The van der Waals surface area contributed by atoms with E-state index < -0.39 is 6.04 Å². The monoisotopic (exact) mass is 431 g/mol. The van der Waals surface area contributed by atoms with Crippen molar-refractivity contribution in [1.29, 1.82) is 0 Å². The number of ether oxygens (including phenoxy) is 1. The van der Waals surface area contributed by atoms with E-state index in [1.807, 2.05) is 44.2 Å². The Bertz CT molecular complexity index is 623. The number of nitrogens with one attached hydrogen (secondary N) is 1. The maximum absolute atomic E-state index is 12.3. The number of carbonyl (C=O) groups excluding carboxylic acids is 1. The molecule has 1 heterocycles. The molecule has 0 aliphatic carbocycles. The Labute approximate surface area is 145 Å². The van der Waals surface area contributed by atoms with Crippen LogP contribution in [-0.2, 0) is 9.53 Å². The Morgan fingerprint density at radius 2 is 2.10 bits per heavy atom. The van der Waals surface area contributed by atoms with Gasteiger partial charge in [-0.15, -0.1) is 11.3 Å². The van der Waals surface area contributed by atoms with Crippen LogP contribution in [0.15, 0.2) is 38.6 Å². The molecule has 0 amide bonds. The minimum Gasteiger partial charge on any atom is -0.464 e. The summed E-state index contributed by atoms with van der Waals surface area (Å²) in [6.45, 7) is 4.17. The molecule has 1 N–H and O–H groups in total. The summed E-state index contributed by atoms with van der Waals surface area (Å²) in [5, 5.41) is 3.28. The normalized spacial score (nSPS) is 12.0. The van der Waals surface area contributed by atoms with Crippen molar-refractivity contribution in [2.24, 2.45) is 0 Å². The number of carbonyl (C=O) groups is 1. The van der Waals surface area contributed by atoms with E-state index in [-0.39, 0.29) is 5.97 Å². The summed E-state index contributed by atoms with van der Waals surface area (Å²) in [7, 11) is 0. The average molecular weight is 433 g/mol. The number of esters is 1. The Hall–Kier alpha value is -0.850. The number of anilines is 1. The van der Waals surface area contributed by atoms with Crippen molar-refractivity contribution in [2.45, 2.75) is 19.9 Å². The zero-order valence-corrected chi connectivity index (χ0v) is 15.6. The van der Waals surface area contributed by atoms with Crippen molar-refractivity contribution in [3.63, 3.8) is 0 Å². The number of hydrogen-bond acceptors (Lipinski definition) is 4. The highest BCUT2D eigenvalue weighted by Crippen LogP contribution is 2.37. The average Bonchev–Trinajstić information content (AvgIpc) is 2.77. The quantitative estimate of drug-likeness (QED) is 0.651. The van der Waals surface area contributed by atoms with Crippen LogP contribution in [0.25, 0.3) is 0 Å². The number of rotatable bonds is 5. The Morgan fingerprint density at radius 1 is 1.38 bits per heavy atom. The van der Waals surface area contributed by atoms with Crippen LogP contribution in [0, 0.1) is 6.92 Å². The molecule has 1 aromatic carbocycles. The van der Waals surface area contributed by atoms with Gasteiger partial charge in [-0.1, -0.05) is 18.2 Å². The van der Waals surface area contributed by atoms with Crippen molar-refractivity contribution in [3.05, 3.63) is 49.0 Å². The summed E-state index contributed by atoms with van der Waals surface area (Å²) in [4.78, 5) is 13.2. The third-order valence-corrected chi connectivity index (χ3v) is 6.24. The Kier molecular flexibility index (Phi) is 5.84. The van der Waals surface area contributed by atoms with Crippen LogP contribution in [0.1, 0.15) is 23.4 Å². The lowest BCUT2D eigenvalue weighted by Crippen LogP contribution is -2.22. The van der Waals surface area contributed by atoms with E-state index in [1.165, 1.54) is 11.3 Å². The number of halogens is 2. The van der Waals surface area contributed by atoms with Gasteiger partial charge >= 0.3 is 5.97 Å².